The van der Waals surface area contributed by atoms with Crippen molar-refractivity contribution in [2.45, 2.75) is 0 Å². The molecule has 0 N–H and O–H groups in total. The van der Waals surface area contributed by atoms with Gasteiger partial charge in [-0.15, -0.1) is 0 Å². The molecule has 0 aliphatic heterocycles. The summed E-state index contributed by atoms with van der Waals surface area (Å²) in [6, 6.07) is 44.5. The maximum Gasteiger partial charge on any atom is 0.145 e. The van der Waals surface area contributed by atoms with Gasteiger partial charge in [0.2, 0.25) is 0 Å². The summed E-state index contributed by atoms with van der Waals surface area (Å²) in [5, 5.41) is 14.6. The van der Waals surface area contributed by atoms with Gasteiger partial charge >= 0.3 is 0 Å². The van der Waals surface area contributed by atoms with Gasteiger partial charge < -0.3 is 0 Å². The van der Waals surface area contributed by atoms with Crippen LogP contribution in [0.5, 0.6) is 0 Å². The molecule has 0 amide bonds. The van der Waals surface area contributed by atoms with Gasteiger partial charge in [0.05, 0.1) is 12.1 Å². The van der Waals surface area contributed by atoms with Gasteiger partial charge in [0.15, 0.2) is 0 Å². The third-order valence-electron chi connectivity index (χ3n) is 5.06. The molecule has 138 valence electrons. The highest BCUT2D eigenvalue weighted by Crippen LogP contribution is 2.66. The van der Waals surface area contributed by atoms with Crippen LogP contribution in [-0.2, 0) is 0 Å². The minimum absolute atomic E-state index is 1.07. The molecule has 0 fully saturated rings. The number of nitriles is 1. The molecule has 0 aliphatic carbocycles. The van der Waals surface area contributed by atoms with Gasteiger partial charge in [0, 0.05) is 5.56 Å². The van der Waals surface area contributed by atoms with E-state index in [4.69, 9.17) is 0 Å². The minimum Gasteiger partial charge on any atom is -0.193 e. The zero-order valence-corrected chi connectivity index (χ0v) is 16.9. The van der Waals surface area contributed by atoms with Crippen LogP contribution in [-0.4, -0.2) is 0 Å². The average Bonchev–Trinajstić information content (AvgIpc) is 2.82. The number of nitrogens with zero attached hydrogens (tertiary/aromatic N) is 1. The lowest BCUT2D eigenvalue weighted by Crippen LogP contribution is -2.31. The van der Waals surface area contributed by atoms with Gasteiger partial charge in [-0.3, -0.25) is 0 Å². The molecule has 0 spiro atoms. The molecular weight excluding hydrogens is 369 g/mol. The summed E-state index contributed by atoms with van der Waals surface area (Å²) in [5.41, 5.74) is 1.08. The molecule has 2 heteroatoms. The van der Waals surface area contributed by atoms with E-state index < -0.39 is 7.26 Å². The van der Waals surface area contributed by atoms with Crippen molar-refractivity contribution in [1.82, 2.24) is 0 Å². The van der Waals surface area contributed by atoms with Crippen molar-refractivity contribution >= 4 is 28.5 Å². The Balaban J connectivity index is 2.17. The fourth-order valence-electron chi connectivity index (χ4n) is 3.86. The number of allylic oxidation sites excluding steroid dienone is 1. The predicted octanol–water partition coefficient (Wildman–Crippen LogP) is 5.55. The molecule has 0 saturated heterocycles. The smallest absolute Gasteiger partial charge is 0.145 e. The molecule has 0 aromatic heterocycles. The quantitative estimate of drug-likeness (QED) is 0.324. The van der Waals surface area contributed by atoms with E-state index in [2.05, 4.69) is 91.0 Å². The lowest BCUT2D eigenvalue weighted by molar-refractivity contribution is 1.53. The van der Waals surface area contributed by atoms with E-state index in [0.717, 1.165) is 10.9 Å². The molecular formula is C27H21NP+. The molecule has 0 unspecified atom stereocenters. The molecule has 1 nitrogen and oxygen atoms in total. The highest BCUT2D eigenvalue weighted by atomic mass is 31.2. The topological polar surface area (TPSA) is 23.8 Å². The first-order chi connectivity index (χ1) is 14.4. The predicted molar refractivity (Wildman–Crippen MR) is 125 cm³/mol. The zero-order valence-electron chi connectivity index (χ0n) is 16.0. The Morgan fingerprint density at radius 1 is 0.552 bits per heavy atom. The fourth-order valence-corrected chi connectivity index (χ4v) is 8.24. The third kappa shape index (κ3) is 3.52. The Bertz CT molecular complexity index is 1030. The summed E-state index contributed by atoms with van der Waals surface area (Å²) in [7, 11) is -2.26. The summed E-state index contributed by atoms with van der Waals surface area (Å²) >= 11 is 0. The normalized spacial score (nSPS) is 11.6. The van der Waals surface area contributed by atoms with Gasteiger partial charge in [-0.05, 0) is 36.4 Å². The number of rotatable bonds is 5. The van der Waals surface area contributed by atoms with Crippen LogP contribution in [0.4, 0.5) is 0 Å². The third-order valence-corrected chi connectivity index (χ3v) is 9.39. The maximum absolute atomic E-state index is 9.79. The molecule has 0 saturated carbocycles. The fraction of sp³-hybridized carbons (Fsp3) is 0. The molecule has 0 radical (unpaired) electrons. The van der Waals surface area contributed by atoms with Crippen LogP contribution in [0.3, 0.4) is 0 Å². The standard InChI is InChI=1S/C27H21NP/c28-22-21-27(23-13-5-1-6-14-23)29(24-15-7-2-8-16-24,25-17-9-3-10-18-25)26-19-11-4-12-20-26/h1-21H/q+1. The Hall–Kier alpha value is -3.46. The zero-order chi connectivity index (χ0) is 19.9. The van der Waals surface area contributed by atoms with Crippen LogP contribution in [0, 0.1) is 11.3 Å². The van der Waals surface area contributed by atoms with Crippen LogP contribution in [0.25, 0.3) is 5.31 Å². The number of benzene rings is 4. The van der Waals surface area contributed by atoms with Crippen molar-refractivity contribution < 1.29 is 0 Å². The van der Waals surface area contributed by atoms with Crippen LogP contribution in [0.15, 0.2) is 127 Å². The van der Waals surface area contributed by atoms with Crippen molar-refractivity contribution in [2.75, 3.05) is 0 Å². The molecule has 0 bridgehead atoms. The van der Waals surface area contributed by atoms with Crippen molar-refractivity contribution in [3.63, 3.8) is 0 Å². The van der Waals surface area contributed by atoms with Crippen molar-refractivity contribution in [3.8, 4) is 6.07 Å². The van der Waals surface area contributed by atoms with Gasteiger partial charge in [0.1, 0.15) is 28.5 Å². The Labute approximate surface area is 172 Å². The van der Waals surface area contributed by atoms with E-state index in [9.17, 15) is 5.26 Å². The second-order valence-electron chi connectivity index (χ2n) is 6.70. The van der Waals surface area contributed by atoms with Crippen LogP contribution >= 0.6 is 7.26 Å². The monoisotopic (exact) mass is 390 g/mol. The Morgan fingerprint density at radius 3 is 1.24 bits per heavy atom. The number of hydrogen-bond acceptors (Lipinski definition) is 1. The highest BCUT2D eigenvalue weighted by Gasteiger charge is 2.50. The SMILES string of the molecule is N#CC=C(c1ccccc1)[P+](c1ccccc1)(c1ccccc1)c1ccccc1. The van der Waals surface area contributed by atoms with E-state index in [-0.39, 0.29) is 0 Å². The average molecular weight is 390 g/mol. The summed E-state index contributed by atoms with van der Waals surface area (Å²) in [5.74, 6) is 0. The van der Waals surface area contributed by atoms with Gasteiger partial charge in [-0.2, -0.15) is 5.26 Å². The Kier molecular flexibility index (Phi) is 5.66. The molecule has 4 aromatic carbocycles. The molecule has 4 rings (SSSR count). The first-order valence-electron chi connectivity index (χ1n) is 9.59. The van der Waals surface area contributed by atoms with E-state index in [0.29, 0.717) is 0 Å². The van der Waals surface area contributed by atoms with E-state index in [1.54, 1.807) is 6.08 Å². The van der Waals surface area contributed by atoms with Gasteiger partial charge in [0.25, 0.3) is 0 Å². The van der Waals surface area contributed by atoms with Gasteiger partial charge in [-0.1, -0.05) is 84.9 Å². The maximum atomic E-state index is 9.79. The molecule has 29 heavy (non-hydrogen) atoms. The lowest BCUT2D eigenvalue weighted by Gasteiger charge is -2.29. The van der Waals surface area contributed by atoms with Crippen LogP contribution in [0.1, 0.15) is 5.56 Å². The van der Waals surface area contributed by atoms with E-state index >= 15 is 0 Å². The largest absolute Gasteiger partial charge is 0.193 e. The van der Waals surface area contributed by atoms with E-state index in [1.807, 2.05) is 36.4 Å². The van der Waals surface area contributed by atoms with Crippen LogP contribution < -0.4 is 15.9 Å². The molecule has 4 aromatic rings. The number of hydrogen-bond donors (Lipinski definition) is 0. The minimum atomic E-state index is -2.26. The summed E-state index contributed by atoms with van der Waals surface area (Å²) in [6.45, 7) is 0. The second-order valence-corrected chi connectivity index (χ2v) is 10.1. The first kappa shape index (κ1) is 18.9. The molecule has 0 atom stereocenters. The molecule has 0 heterocycles. The van der Waals surface area contributed by atoms with E-state index in [1.165, 1.54) is 15.9 Å². The highest BCUT2D eigenvalue weighted by molar-refractivity contribution is 8.03. The van der Waals surface area contributed by atoms with Crippen molar-refractivity contribution in [3.05, 3.63) is 133 Å². The second kappa shape index (κ2) is 8.70. The Morgan fingerprint density at radius 2 is 0.897 bits per heavy atom. The van der Waals surface area contributed by atoms with Crippen molar-refractivity contribution in [1.29, 1.82) is 5.26 Å². The van der Waals surface area contributed by atoms with Crippen molar-refractivity contribution in [2.24, 2.45) is 0 Å². The summed E-state index contributed by atoms with van der Waals surface area (Å²) < 4.78 is 0. The lowest BCUT2D eigenvalue weighted by atomic mass is 10.2. The summed E-state index contributed by atoms with van der Waals surface area (Å²) in [4.78, 5) is 0. The summed E-state index contributed by atoms with van der Waals surface area (Å²) in [6.07, 6.45) is 1.75. The van der Waals surface area contributed by atoms with Gasteiger partial charge in [-0.25, -0.2) is 0 Å². The van der Waals surface area contributed by atoms with Crippen LogP contribution in [0.2, 0.25) is 0 Å². The molecule has 0 aliphatic rings. The first-order valence-corrected chi connectivity index (χ1v) is 11.4.